The molecule has 20 heavy (non-hydrogen) atoms. The first-order valence-electron chi connectivity index (χ1n) is 6.13. The van der Waals surface area contributed by atoms with Gasteiger partial charge in [0.25, 0.3) is 0 Å². The molecule has 2 heterocycles. The summed E-state index contributed by atoms with van der Waals surface area (Å²) in [6.45, 7) is 2.83. The molecule has 2 N–H and O–H groups in total. The Morgan fingerprint density at radius 2 is 2.20 bits per heavy atom. The van der Waals surface area contributed by atoms with Gasteiger partial charge in [0.05, 0.1) is 7.11 Å². The van der Waals surface area contributed by atoms with Gasteiger partial charge in [-0.25, -0.2) is 9.78 Å². The third-order valence-corrected chi connectivity index (χ3v) is 2.91. The second-order valence-electron chi connectivity index (χ2n) is 4.27. The molecular weight excluding hydrogens is 260 g/mol. The van der Waals surface area contributed by atoms with Crippen molar-refractivity contribution in [3.8, 4) is 5.88 Å². The minimum absolute atomic E-state index is 0.0433. The maximum absolute atomic E-state index is 10.8. The van der Waals surface area contributed by atoms with E-state index in [0.29, 0.717) is 24.7 Å². The molecule has 0 atom stereocenters. The molecule has 2 rings (SSSR count). The van der Waals surface area contributed by atoms with E-state index in [4.69, 9.17) is 14.3 Å². The van der Waals surface area contributed by atoms with Crippen LogP contribution in [0.3, 0.4) is 0 Å². The van der Waals surface area contributed by atoms with Gasteiger partial charge >= 0.3 is 5.97 Å². The standard InChI is InChI=1S/C14H16N2O4/c1-9-11(6-12(20-9)14(17)18)8-15-7-10-4-3-5-16-13(10)19-2/h3-6,15H,7-8H2,1-2H3,(H,17,18). The van der Waals surface area contributed by atoms with Gasteiger partial charge in [-0.3, -0.25) is 0 Å². The zero-order valence-corrected chi connectivity index (χ0v) is 11.3. The summed E-state index contributed by atoms with van der Waals surface area (Å²) >= 11 is 0. The van der Waals surface area contributed by atoms with Crippen LogP contribution in [0.5, 0.6) is 5.88 Å². The molecule has 0 radical (unpaired) electrons. The van der Waals surface area contributed by atoms with Gasteiger partial charge < -0.3 is 19.6 Å². The number of aromatic carboxylic acids is 1. The van der Waals surface area contributed by atoms with Crippen LogP contribution in [0.4, 0.5) is 0 Å². The highest BCUT2D eigenvalue weighted by Crippen LogP contribution is 2.16. The summed E-state index contributed by atoms with van der Waals surface area (Å²) < 4.78 is 10.3. The summed E-state index contributed by atoms with van der Waals surface area (Å²) in [4.78, 5) is 14.9. The number of aromatic nitrogens is 1. The molecule has 0 aliphatic carbocycles. The summed E-state index contributed by atoms with van der Waals surface area (Å²) in [6.07, 6.45) is 1.67. The summed E-state index contributed by atoms with van der Waals surface area (Å²) in [5.74, 6) is 0.0785. The number of carbonyl (C=O) groups is 1. The summed E-state index contributed by atoms with van der Waals surface area (Å²) in [7, 11) is 1.57. The van der Waals surface area contributed by atoms with E-state index < -0.39 is 5.97 Å². The quantitative estimate of drug-likeness (QED) is 0.839. The second kappa shape index (κ2) is 6.21. The molecule has 0 saturated heterocycles. The molecule has 0 aliphatic heterocycles. The third-order valence-electron chi connectivity index (χ3n) is 2.91. The molecule has 0 aliphatic rings. The van der Waals surface area contributed by atoms with Crippen LogP contribution in [0.15, 0.2) is 28.8 Å². The van der Waals surface area contributed by atoms with Gasteiger partial charge in [-0.05, 0) is 19.1 Å². The van der Waals surface area contributed by atoms with Crippen LogP contribution in [0, 0.1) is 6.92 Å². The number of ether oxygens (including phenoxy) is 1. The van der Waals surface area contributed by atoms with Crippen LogP contribution in [0.25, 0.3) is 0 Å². The maximum Gasteiger partial charge on any atom is 0.371 e. The first-order valence-corrected chi connectivity index (χ1v) is 6.13. The van der Waals surface area contributed by atoms with E-state index in [0.717, 1.165) is 11.1 Å². The van der Waals surface area contributed by atoms with Crippen molar-refractivity contribution in [2.75, 3.05) is 7.11 Å². The minimum Gasteiger partial charge on any atom is -0.481 e. The van der Waals surface area contributed by atoms with Gasteiger partial charge in [0, 0.05) is 30.4 Å². The van der Waals surface area contributed by atoms with Gasteiger partial charge in [0.2, 0.25) is 11.6 Å². The molecular formula is C14H16N2O4. The highest BCUT2D eigenvalue weighted by molar-refractivity contribution is 5.84. The molecule has 6 heteroatoms. The Balaban J connectivity index is 1.97. The average Bonchev–Trinajstić information content (AvgIpc) is 2.81. The van der Waals surface area contributed by atoms with Crippen LogP contribution in [-0.2, 0) is 13.1 Å². The number of rotatable bonds is 6. The predicted octanol–water partition coefficient (Wildman–Crippen LogP) is 1.98. The molecule has 0 amide bonds. The van der Waals surface area contributed by atoms with Crippen molar-refractivity contribution in [2.24, 2.45) is 0 Å². The molecule has 2 aromatic heterocycles. The number of carboxylic acids is 1. The van der Waals surface area contributed by atoms with Crippen LogP contribution in [0.2, 0.25) is 0 Å². The number of aryl methyl sites for hydroxylation is 1. The fraction of sp³-hybridized carbons (Fsp3) is 0.286. The maximum atomic E-state index is 10.8. The van der Waals surface area contributed by atoms with E-state index in [1.54, 1.807) is 20.2 Å². The molecule has 0 unspecified atom stereocenters. The fourth-order valence-corrected chi connectivity index (χ4v) is 1.88. The number of methoxy groups -OCH3 is 1. The van der Waals surface area contributed by atoms with Crippen molar-refractivity contribution in [3.63, 3.8) is 0 Å². The Labute approximate surface area is 116 Å². The van der Waals surface area contributed by atoms with E-state index in [1.807, 2.05) is 12.1 Å². The fourth-order valence-electron chi connectivity index (χ4n) is 1.88. The van der Waals surface area contributed by atoms with E-state index >= 15 is 0 Å². The smallest absolute Gasteiger partial charge is 0.371 e. The molecule has 6 nitrogen and oxygen atoms in total. The molecule has 0 saturated carbocycles. The number of hydrogen-bond acceptors (Lipinski definition) is 5. The van der Waals surface area contributed by atoms with Crippen LogP contribution in [-0.4, -0.2) is 23.2 Å². The van der Waals surface area contributed by atoms with Crippen molar-refractivity contribution in [1.29, 1.82) is 0 Å². The second-order valence-corrected chi connectivity index (χ2v) is 4.27. The number of nitrogens with zero attached hydrogens (tertiary/aromatic N) is 1. The summed E-state index contributed by atoms with van der Waals surface area (Å²) in [6, 6.07) is 5.29. The van der Waals surface area contributed by atoms with Gasteiger partial charge in [-0.15, -0.1) is 0 Å². The third kappa shape index (κ3) is 3.16. The van der Waals surface area contributed by atoms with Crippen LogP contribution < -0.4 is 10.1 Å². The van der Waals surface area contributed by atoms with Crippen LogP contribution >= 0.6 is 0 Å². The highest BCUT2D eigenvalue weighted by Gasteiger charge is 2.12. The average molecular weight is 276 g/mol. The van der Waals surface area contributed by atoms with Gasteiger partial charge in [-0.1, -0.05) is 6.07 Å². The van der Waals surface area contributed by atoms with E-state index in [9.17, 15) is 4.79 Å². The SMILES string of the molecule is COc1ncccc1CNCc1cc(C(=O)O)oc1C. The lowest BCUT2D eigenvalue weighted by Crippen LogP contribution is -2.13. The van der Waals surface area contributed by atoms with E-state index in [2.05, 4.69) is 10.3 Å². The van der Waals surface area contributed by atoms with Crippen molar-refractivity contribution in [1.82, 2.24) is 10.3 Å². The lowest BCUT2D eigenvalue weighted by molar-refractivity contribution is 0.0661. The van der Waals surface area contributed by atoms with Crippen molar-refractivity contribution in [2.45, 2.75) is 20.0 Å². The van der Waals surface area contributed by atoms with E-state index in [-0.39, 0.29) is 5.76 Å². The van der Waals surface area contributed by atoms with Crippen molar-refractivity contribution in [3.05, 3.63) is 47.0 Å². The molecule has 0 fully saturated rings. The highest BCUT2D eigenvalue weighted by atomic mass is 16.5. The predicted molar refractivity (Wildman–Crippen MR) is 71.7 cm³/mol. The van der Waals surface area contributed by atoms with Gasteiger partial charge in [0.1, 0.15) is 5.76 Å². The molecule has 0 bridgehead atoms. The lowest BCUT2D eigenvalue weighted by Gasteiger charge is -2.07. The van der Waals surface area contributed by atoms with Crippen molar-refractivity contribution >= 4 is 5.97 Å². The number of pyridine rings is 1. The first kappa shape index (κ1) is 14.1. The lowest BCUT2D eigenvalue weighted by atomic mass is 10.2. The molecule has 106 valence electrons. The van der Waals surface area contributed by atoms with Gasteiger partial charge in [-0.2, -0.15) is 0 Å². The number of furan rings is 1. The molecule has 2 aromatic rings. The monoisotopic (exact) mass is 276 g/mol. The topological polar surface area (TPSA) is 84.6 Å². The van der Waals surface area contributed by atoms with Gasteiger partial charge in [0.15, 0.2) is 0 Å². The zero-order chi connectivity index (χ0) is 14.5. The largest absolute Gasteiger partial charge is 0.481 e. The van der Waals surface area contributed by atoms with Crippen LogP contribution in [0.1, 0.15) is 27.4 Å². The number of nitrogens with one attached hydrogen (secondary N) is 1. The number of carboxylic acid groups (broad SMARTS) is 1. The summed E-state index contributed by atoms with van der Waals surface area (Å²) in [5, 5.41) is 12.1. The number of hydrogen-bond donors (Lipinski definition) is 2. The first-order chi connectivity index (χ1) is 9.61. The van der Waals surface area contributed by atoms with E-state index in [1.165, 1.54) is 6.07 Å². The molecule has 0 spiro atoms. The Hall–Kier alpha value is -2.34. The normalized spacial score (nSPS) is 10.5. The Morgan fingerprint density at radius 3 is 2.85 bits per heavy atom. The summed E-state index contributed by atoms with van der Waals surface area (Å²) in [5.41, 5.74) is 1.76. The Kier molecular flexibility index (Phi) is 4.37. The molecule has 0 aromatic carbocycles. The zero-order valence-electron chi connectivity index (χ0n) is 11.3. The minimum atomic E-state index is -1.06. The Morgan fingerprint density at radius 1 is 1.45 bits per heavy atom. The Bertz CT molecular complexity index is 607. The van der Waals surface area contributed by atoms with Crippen molar-refractivity contribution < 1.29 is 19.1 Å².